The van der Waals surface area contributed by atoms with E-state index in [4.69, 9.17) is 0 Å². The largest absolute Gasteiger partial charge is 0.362 e. The highest BCUT2D eigenvalue weighted by Gasteiger charge is 2.63. The van der Waals surface area contributed by atoms with Crippen molar-refractivity contribution < 1.29 is 23.7 Å². The molecule has 11 heteroatoms. The second-order valence-corrected chi connectivity index (χ2v) is 9.15. The number of hydrogen-bond donors (Lipinski definition) is 2. The van der Waals surface area contributed by atoms with Gasteiger partial charge in [0.25, 0.3) is 5.69 Å². The lowest BCUT2D eigenvalue weighted by molar-refractivity contribution is -0.385. The summed E-state index contributed by atoms with van der Waals surface area (Å²) in [7, 11) is 0. The molecule has 2 saturated heterocycles. The number of hydrogen-bond acceptors (Lipinski definition) is 7. The van der Waals surface area contributed by atoms with Crippen LogP contribution in [-0.2, 0) is 16.0 Å². The fraction of sp³-hybridized carbons (Fsp3) is 0.471. The summed E-state index contributed by atoms with van der Waals surface area (Å²) >= 11 is 1.57. The molecule has 4 amide bonds. The first kappa shape index (κ1) is 18.7. The Morgan fingerprint density at radius 1 is 1.25 bits per heavy atom. The number of nitro benzene ring substituents is 1. The summed E-state index contributed by atoms with van der Waals surface area (Å²) in [6.45, 7) is 4.16. The molecule has 0 unspecified atom stereocenters. The van der Waals surface area contributed by atoms with Crippen LogP contribution < -0.4 is 15.5 Å². The van der Waals surface area contributed by atoms with Gasteiger partial charge < -0.3 is 4.90 Å². The SMILES string of the molecule is C[C@@H]1CN2c3c(F)cc([N+](=O)[O-])cc3CC3(C(=O)NC(=O)NC3=O)[C@H]2[C@H](C)S1. The number of thioether (sulfide) groups is 1. The highest BCUT2D eigenvalue weighted by molar-refractivity contribution is 8.00. The summed E-state index contributed by atoms with van der Waals surface area (Å²) in [4.78, 5) is 49.6. The molecule has 3 aliphatic rings. The van der Waals surface area contributed by atoms with E-state index < -0.39 is 45.7 Å². The van der Waals surface area contributed by atoms with Gasteiger partial charge in [-0.1, -0.05) is 13.8 Å². The van der Waals surface area contributed by atoms with Crippen LogP contribution in [0.15, 0.2) is 12.1 Å². The Kier molecular flexibility index (Phi) is 4.11. The van der Waals surface area contributed by atoms with E-state index in [1.165, 1.54) is 6.07 Å². The highest BCUT2D eigenvalue weighted by atomic mass is 32.2. The molecule has 2 fully saturated rings. The number of urea groups is 1. The zero-order valence-electron chi connectivity index (χ0n) is 15.0. The molecular formula is C17H17FN4O5S. The lowest BCUT2D eigenvalue weighted by Crippen LogP contribution is -2.74. The number of nitro groups is 1. The first-order valence-corrected chi connectivity index (χ1v) is 9.65. The molecule has 3 heterocycles. The molecule has 9 nitrogen and oxygen atoms in total. The van der Waals surface area contributed by atoms with Gasteiger partial charge in [-0.05, 0) is 5.56 Å². The Balaban J connectivity index is 1.96. The second-order valence-electron chi connectivity index (χ2n) is 7.33. The Morgan fingerprint density at radius 2 is 1.89 bits per heavy atom. The number of fused-ring (bicyclic) bond motifs is 4. The monoisotopic (exact) mass is 408 g/mol. The van der Waals surface area contributed by atoms with Crippen molar-refractivity contribution in [2.45, 2.75) is 36.8 Å². The number of carbonyl (C=O) groups excluding carboxylic acids is 3. The van der Waals surface area contributed by atoms with Crippen molar-refractivity contribution in [2.75, 3.05) is 11.4 Å². The van der Waals surface area contributed by atoms with Crippen molar-refractivity contribution in [1.82, 2.24) is 10.6 Å². The van der Waals surface area contributed by atoms with Gasteiger partial charge in [0.15, 0.2) is 11.2 Å². The first-order valence-electron chi connectivity index (χ1n) is 8.71. The number of carbonyl (C=O) groups is 3. The molecular weight excluding hydrogens is 391 g/mol. The Hall–Kier alpha value is -2.69. The van der Waals surface area contributed by atoms with Crippen molar-refractivity contribution in [3.63, 3.8) is 0 Å². The Bertz CT molecular complexity index is 918. The third-order valence-electron chi connectivity index (χ3n) is 5.55. The molecule has 0 aromatic heterocycles. The fourth-order valence-electron chi connectivity index (χ4n) is 4.62. The smallest absolute Gasteiger partial charge is 0.328 e. The predicted molar refractivity (Wildman–Crippen MR) is 98.5 cm³/mol. The summed E-state index contributed by atoms with van der Waals surface area (Å²) in [5, 5.41) is 15.3. The molecule has 1 spiro atoms. The standard InChI is InChI=1S/C17H17FN4O5S/c1-7-6-21-12-9(3-10(22(26)27)4-11(12)18)5-17(13(21)8(2)28-7)14(23)19-16(25)20-15(17)24/h3-4,7-8,13H,5-6H2,1-2H3,(H2,19,20,23,24,25)/t7-,8+,13-/m1/s1. The van der Waals surface area contributed by atoms with Crippen molar-refractivity contribution in [3.8, 4) is 0 Å². The van der Waals surface area contributed by atoms with Crippen molar-refractivity contribution in [2.24, 2.45) is 5.41 Å². The summed E-state index contributed by atoms with van der Waals surface area (Å²) in [6, 6.07) is 0.442. The highest BCUT2D eigenvalue weighted by Crippen LogP contribution is 2.50. The van der Waals surface area contributed by atoms with Gasteiger partial charge in [0.05, 0.1) is 22.7 Å². The Labute approximate surface area is 163 Å². The molecule has 1 aromatic rings. The zero-order chi connectivity index (χ0) is 20.4. The van der Waals surface area contributed by atoms with Crippen LogP contribution in [0.2, 0.25) is 0 Å². The maximum absolute atomic E-state index is 14.9. The quantitative estimate of drug-likeness (QED) is 0.408. The lowest BCUT2D eigenvalue weighted by Gasteiger charge is -2.55. The number of nitrogens with one attached hydrogen (secondary N) is 2. The number of halogens is 1. The van der Waals surface area contributed by atoms with Gasteiger partial charge in [-0.15, -0.1) is 0 Å². The molecule has 4 rings (SSSR count). The van der Waals surface area contributed by atoms with Crippen LogP contribution in [0.5, 0.6) is 0 Å². The number of barbiturate groups is 1. The number of anilines is 1. The van der Waals surface area contributed by atoms with E-state index in [0.29, 0.717) is 6.54 Å². The predicted octanol–water partition coefficient (Wildman–Crippen LogP) is 1.34. The van der Waals surface area contributed by atoms with Crippen LogP contribution in [0.3, 0.4) is 0 Å². The van der Waals surface area contributed by atoms with Crippen molar-refractivity contribution in [1.29, 1.82) is 0 Å². The van der Waals surface area contributed by atoms with Gasteiger partial charge in [0.1, 0.15) is 0 Å². The number of rotatable bonds is 1. The molecule has 0 radical (unpaired) electrons. The summed E-state index contributed by atoms with van der Waals surface area (Å²) < 4.78 is 14.9. The van der Waals surface area contributed by atoms with Crippen molar-refractivity contribution in [3.05, 3.63) is 33.6 Å². The molecule has 1 aromatic carbocycles. The van der Waals surface area contributed by atoms with Crippen LogP contribution in [0.4, 0.5) is 20.6 Å². The van der Waals surface area contributed by atoms with Gasteiger partial charge in [-0.3, -0.25) is 30.3 Å². The molecule has 148 valence electrons. The number of benzene rings is 1. The summed E-state index contributed by atoms with van der Waals surface area (Å²) in [5.74, 6) is -2.30. The third kappa shape index (κ3) is 2.49. The van der Waals surface area contributed by atoms with Crippen LogP contribution in [0.25, 0.3) is 0 Å². The van der Waals surface area contributed by atoms with Gasteiger partial charge in [0.2, 0.25) is 11.8 Å². The van der Waals surface area contributed by atoms with Crippen molar-refractivity contribution >= 4 is 41.0 Å². The van der Waals surface area contributed by atoms with E-state index in [0.717, 1.165) is 6.07 Å². The first-order chi connectivity index (χ1) is 13.1. The van der Waals surface area contributed by atoms with Crippen LogP contribution in [0.1, 0.15) is 19.4 Å². The minimum atomic E-state index is -1.69. The number of imide groups is 2. The van der Waals surface area contributed by atoms with E-state index in [1.807, 2.05) is 13.8 Å². The van der Waals surface area contributed by atoms with E-state index in [2.05, 4.69) is 10.6 Å². The fourth-order valence-corrected chi connectivity index (χ4v) is 6.13. The molecule has 3 aliphatic heterocycles. The van der Waals surface area contributed by atoms with Crippen LogP contribution in [-0.4, -0.2) is 45.9 Å². The maximum atomic E-state index is 14.9. The Morgan fingerprint density at radius 3 is 2.50 bits per heavy atom. The molecule has 3 atom stereocenters. The van der Waals surface area contributed by atoms with Crippen LogP contribution in [0, 0.1) is 21.3 Å². The number of amides is 4. The average Bonchev–Trinajstić information content (AvgIpc) is 2.58. The van der Waals surface area contributed by atoms with Gasteiger partial charge in [-0.25, -0.2) is 9.18 Å². The lowest BCUT2D eigenvalue weighted by atomic mass is 9.67. The van der Waals surface area contributed by atoms with E-state index in [-0.39, 0.29) is 28.2 Å². The summed E-state index contributed by atoms with van der Waals surface area (Å²) in [5.41, 5.74) is -1.76. The molecule has 2 N–H and O–H groups in total. The number of nitrogens with zero attached hydrogens (tertiary/aromatic N) is 2. The maximum Gasteiger partial charge on any atom is 0.328 e. The average molecular weight is 408 g/mol. The number of non-ortho nitro benzene ring substituents is 1. The minimum absolute atomic E-state index is 0.0835. The molecule has 28 heavy (non-hydrogen) atoms. The van der Waals surface area contributed by atoms with Gasteiger partial charge in [0, 0.05) is 29.5 Å². The molecule has 0 aliphatic carbocycles. The molecule has 0 bridgehead atoms. The topological polar surface area (TPSA) is 122 Å². The van der Waals surface area contributed by atoms with E-state index in [9.17, 15) is 28.9 Å². The molecule has 0 saturated carbocycles. The van der Waals surface area contributed by atoms with Crippen LogP contribution >= 0.6 is 11.8 Å². The normalized spacial score (nSPS) is 28.3. The third-order valence-corrected chi connectivity index (χ3v) is 6.85. The summed E-state index contributed by atoms with van der Waals surface area (Å²) in [6.07, 6.45) is -0.230. The van der Waals surface area contributed by atoms with E-state index in [1.54, 1.807) is 16.7 Å². The minimum Gasteiger partial charge on any atom is -0.362 e. The van der Waals surface area contributed by atoms with Gasteiger partial charge in [-0.2, -0.15) is 11.8 Å². The van der Waals surface area contributed by atoms with E-state index >= 15 is 0 Å². The zero-order valence-corrected chi connectivity index (χ0v) is 15.8. The second kappa shape index (κ2) is 6.16. The van der Waals surface area contributed by atoms with Gasteiger partial charge >= 0.3 is 6.03 Å².